The standard InChI is InChI=1S/C22H29FN2O5S/c1-16(2)30-20-12-11-17(14-21(20)29-3)15-24-22(26)10-7-13-25(31(4,27)28)19-9-6-5-8-18(19)23/h5-6,8-9,11-12,14,16H,7,10,13,15H2,1-4H3,(H,24,26). The van der Waals surface area contributed by atoms with Gasteiger partial charge in [0.05, 0.1) is 25.2 Å². The van der Waals surface area contributed by atoms with Gasteiger partial charge in [-0.25, -0.2) is 12.8 Å². The van der Waals surface area contributed by atoms with E-state index in [4.69, 9.17) is 9.47 Å². The van der Waals surface area contributed by atoms with Gasteiger partial charge in [0.1, 0.15) is 5.82 Å². The molecule has 0 aliphatic heterocycles. The fourth-order valence-electron chi connectivity index (χ4n) is 2.96. The Labute approximate surface area is 183 Å². The number of nitrogens with one attached hydrogen (secondary N) is 1. The molecule has 0 atom stereocenters. The molecule has 0 aliphatic rings. The van der Waals surface area contributed by atoms with Crippen LogP contribution in [0.1, 0.15) is 32.3 Å². The van der Waals surface area contributed by atoms with Crippen LogP contribution >= 0.6 is 0 Å². The van der Waals surface area contributed by atoms with Gasteiger partial charge in [-0.05, 0) is 50.1 Å². The van der Waals surface area contributed by atoms with Crippen LogP contribution in [0.3, 0.4) is 0 Å². The van der Waals surface area contributed by atoms with Gasteiger partial charge in [0, 0.05) is 19.5 Å². The SMILES string of the molecule is COc1cc(CNC(=O)CCCN(c2ccccc2F)S(C)(=O)=O)ccc1OC(C)C. The topological polar surface area (TPSA) is 84.9 Å². The minimum atomic E-state index is -3.68. The smallest absolute Gasteiger partial charge is 0.232 e. The molecule has 0 saturated heterocycles. The van der Waals surface area contributed by atoms with E-state index in [0.717, 1.165) is 16.1 Å². The van der Waals surface area contributed by atoms with Crippen LogP contribution in [0.5, 0.6) is 11.5 Å². The number of nitrogens with zero attached hydrogens (tertiary/aromatic N) is 1. The largest absolute Gasteiger partial charge is 0.493 e. The molecule has 31 heavy (non-hydrogen) atoms. The Morgan fingerprint density at radius 3 is 2.48 bits per heavy atom. The van der Waals surface area contributed by atoms with Crippen LogP contribution < -0.4 is 19.1 Å². The highest BCUT2D eigenvalue weighted by Crippen LogP contribution is 2.29. The average Bonchev–Trinajstić information content (AvgIpc) is 2.70. The predicted molar refractivity (Wildman–Crippen MR) is 118 cm³/mol. The van der Waals surface area contributed by atoms with Crippen LogP contribution in [0, 0.1) is 5.82 Å². The zero-order valence-corrected chi connectivity index (χ0v) is 19.0. The van der Waals surface area contributed by atoms with Crippen LogP contribution in [0.15, 0.2) is 42.5 Å². The number of benzene rings is 2. The number of para-hydroxylation sites is 1. The second-order valence-electron chi connectivity index (χ2n) is 7.32. The molecule has 0 unspecified atom stereocenters. The molecule has 0 spiro atoms. The first-order valence-corrected chi connectivity index (χ1v) is 11.8. The zero-order valence-electron chi connectivity index (χ0n) is 18.2. The van der Waals surface area contributed by atoms with E-state index < -0.39 is 15.8 Å². The van der Waals surface area contributed by atoms with Crippen molar-refractivity contribution in [3.63, 3.8) is 0 Å². The second kappa shape index (κ2) is 11.0. The lowest BCUT2D eigenvalue weighted by Gasteiger charge is -2.22. The molecule has 2 aromatic carbocycles. The highest BCUT2D eigenvalue weighted by molar-refractivity contribution is 7.92. The monoisotopic (exact) mass is 452 g/mol. The van der Waals surface area contributed by atoms with Gasteiger partial charge in [0.15, 0.2) is 11.5 Å². The number of ether oxygens (including phenoxy) is 2. The Bertz CT molecular complexity index is 995. The second-order valence-corrected chi connectivity index (χ2v) is 9.23. The van der Waals surface area contributed by atoms with Gasteiger partial charge in [-0.1, -0.05) is 18.2 Å². The fraction of sp³-hybridized carbons (Fsp3) is 0.409. The number of rotatable bonds is 11. The first-order chi connectivity index (χ1) is 14.6. The maximum atomic E-state index is 14.0. The van der Waals surface area contributed by atoms with Gasteiger partial charge >= 0.3 is 0 Å². The normalized spacial score (nSPS) is 11.3. The molecule has 2 rings (SSSR count). The average molecular weight is 453 g/mol. The number of amides is 1. The molecule has 0 aliphatic carbocycles. The minimum Gasteiger partial charge on any atom is -0.493 e. The lowest BCUT2D eigenvalue weighted by atomic mass is 10.2. The van der Waals surface area contributed by atoms with Crippen molar-refractivity contribution in [1.82, 2.24) is 5.32 Å². The van der Waals surface area contributed by atoms with Crippen molar-refractivity contribution in [2.75, 3.05) is 24.2 Å². The summed E-state index contributed by atoms with van der Waals surface area (Å²) in [4.78, 5) is 12.2. The first-order valence-electron chi connectivity index (χ1n) is 9.94. The Morgan fingerprint density at radius 1 is 1.16 bits per heavy atom. The van der Waals surface area contributed by atoms with Crippen molar-refractivity contribution in [2.45, 2.75) is 39.3 Å². The highest BCUT2D eigenvalue weighted by Gasteiger charge is 2.20. The number of sulfonamides is 1. The van der Waals surface area contributed by atoms with E-state index in [1.54, 1.807) is 25.3 Å². The van der Waals surface area contributed by atoms with E-state index in [0.29, 0.717) is 18.0 Å². The van der Waals surface area contributed by atoms with Crippen LogP contribution in [0.4, 0.5) is 10.1 Å². The van der Waals surface area contributed by atoms with Crippen molar-refractivity contribution >= 4 is 21.6 Å². The summed E-state index contributed by atoms with van der Waals surface area (Å²) in [7, 11) is -2.13. The van der Waals surface area contributed by atoms with E-state index in [1.807, 2.05) is 19.9 Å². The first kappa shape index (κ1) is 24.5. The van der Waals surface area contributed by atoms with Crippen LogP contribution in [0.25, 0.3) is 0 Å². The van der Waals surface area contributed by atoms with E-state index >= 15 is 0 Å². The summed E-state index contributed by atoms with van der Waals surface area (Å²) in [5.41, 5.74) is 0.812. The summed E-state index contributed by atoms with van der Waals surface area (Å²) >= 11 is 0. The number of carbonyl (C=O) groups is 1. The van der Waals surface area contributed by atoms with Gasteiger partial charge in [-0.2, -0.15) is 0 Å². The Kier molecular flexibility index (Phi) is 8.67. The zero-order chi connectivity index (χ0) is 23.0. The Hall–Kier alpha value is -2.81. The Balaban J connectivity index is 1.91. The minimum absolute atomic E-state index is 0.00223. The number of carbonyl (C=O) groups excluding carboxylic acids is 1. The van der Waals surface area contributed by atoms with Gasteiger partial charge in [-0.3, -0.25) is 9.10 Å². The third-order valence-corrected chi connectivity index (χ3v) is 5.55. The maximum Gasteiger partial charge on any atom is 0.232 e. The van der Waals surface area contributed by atoms with Crippen LogP contribution in [0.2, 0.25) is 0 Å². The summed E-state index contributed by atoms with van der Waals surface area (Å²) in [6.45, 7) is 4.14. The molecule has 0 radical (unpaired) electrons. The van der Waals surface area contributed by atoms with E-state index in [2.05, 4.69) is 5.32 Å². The Morgan fingerprint density at radius 2 is 1.87 bits per heavy atom. The summed E-state index contributed by atoms with van der Waals surface area (Å²) in [5, 5.41) is 2.80. The van der Waals surface area contributed by atoms with Crippen LogP contribution in [-0.2, 0) is 21.4 Å². The summed E-state index contributed by atoms with van der Waals surface area (Å²) < 4.78 is 50.1. The van der Waals surface area contributed by atoms with Crippen molar-refractivity contribution in [3.8, 4) is 11.5 Å². The number of hydrogen-bond donors (Lipinski definition) is 1. The number of halogens is 1. The van der Waals surface area contributed by atoms with E-state index in [9.17, 15) is 17.6 Å². The van der Waals surface area contributed by atoms with Crippen molar-refractivity contribution in [3.05, 3.63) is 53.8 Å². The number of methoxy groups -OCH3 is 1. The van der Waals surface area contributed by atoms with Gasteiger partial charge in [0.2, 0.25) is 15.9 Å². The summed E-state index contributed by atoms with van der Waals surface area (Å²) in [6.07, 6.45) is 1.37. The highest BCUT2D eigenvalue weighted by atomic mass is 32.2. The van der Waals surface area contributed by atoms with Crippen molar-refractivity contribution in [2.24, 2.45) is 0 Å². The molecular formula is C22H29FN2O5S. The van der Waals surface area contributed by atoms with E-state index in [-0.39, 0.29) is 37.1 Å². The number of hydrogen-bond acceptors (Lipinski definition) is 5. The third kappa shape index (κ3) is 7.43. The maximum absolute atomic E-state index is 14.0. The molecule has 170 valence electrons. The van der Waals surface area contributed by atoms with E-state index in [1.165, 1.54) is 18.2 Å². The molecule has 1 N–H and O–H groups in total. The molecular weight excluding hydrogens is 423 g/mol. The molecule has 7 nitrogen and oxygen atoms in total. The molecule has 0 aromatic heterocycles. The molecule has 2 aromatic rings. The van der Waals surface area contributed by atoms with Crippen molar-refractivity contribution < 1.29 is 27.1 Å². The fourth-order valence-corrected chi connectivity index (χ4v) is 3.93. The quantitative estimate of drug-likeness (QED) is 0.564. The molecule has 0 saturated carbocycles. The molecule has 1 amide bonds. The summed E-state index contributed by atoms with van der Waals surface area (Å²) in [6, 6.07) is 11.1. The molecule has 9 heteroatoms. The summed E-state index contributed by atoms with van der Waals surface area (Å²) in [5.74, 6) is 0.343. The molecule has 0 bridgehead atoms. The van der Waals surface area contributed by atoms with Crippen molar-refractivity contribution in [1.29, 1.82) is 0 Å². The predicted octanol–water partition coefficient (Wildman–Crippen LogP) is 3.48. The number of anilines is 1. The van der Waals surface area contributed by atoms with Gasteiger partial charge in [-0.15, -0.1) is 0 Å². The van der Waals surface area contributed by atoms with Gasteiger partial charge in [0.25, 0.3) is 0 Å². The lowest BCUT2D eigenvalue weighted by Crippen LogP contribution is -2.32. The lowest BCUT2D eigenvalue weighted by molar-refractivity contribution is -0.121. The molecule has 0 heterocycles. The van der Waals surface area contributed by atoms with Gasteiger partial charge < -0.3 is 14.8 Å². The van der Waals surface area contributed by atoms with Crippen LogP contribution in [-0.4, -0.2) is 40.3 Å². The third-order valence-electron chi connectivity index (χ3n) is 4.37. The molecule has 0 fully saturated rings.